The summed E-state index contributed by atoms with van der Waals surface area (Å²) in [6.45, 7) is 17.5. The van der Waals surface area contributed by atoms with Crippen molar-refractivity contribution in [3.63, 3.8) is 0 Å². The van der Waals surface area contributed by atoms with Gasteiger partial charge in [0.05, 0.1) is 79.8 Å². The summed E-state index contributed by atoms with van der Waals surface area (Å²) in [7, 11) is 2.16. The monoisotopic (exact) mass is 1130 g/mol. The van der Waals surface area contributed by atoms with Crippen LogP contribution in [-0.4, -0.2) is 174 Å². The van der Waals surface area contributed by atoms with Crippen molar-refractivity contribution in [3.05, 3.63) is 83.4 Å². The molecule has 4 N–H and O–H groups in total. The van der Waals surface area contributed by atoms with E-state index in [1.807, 2.05) is 64.1 Å². The Morgan fingerprint density at radius 1 is 0.840 bits per heavy atom. The molecule has 0 spiro atoms. The number of piperazine rings is 1. The van der Waals surface area contributed by atoms with Crippen molar-refractivity contribution in [1.29, 1.82) is 0 Å². The van der Waals surface area contributed by atoms with Gasteiger partial charge < -0.3 is 68.3 Å². The number of halogens is 2. The molecule has 3 aromatic carbocycles. The molecular formula is C58H76F2N10O11. The molecule has 3 aliphatic rings. The Morgan fingerprint density at radius 3 is 2.23 bits per heavy atom. The van der Waals surface area contributed by atoms with Crippen LogP contribution in [-0.2, 0) is 42.7 Å². The Morgan fingerprint density at radius 2 is 1.52 bits per heavy atom. The van der Waals surface area contributed by atoms with Crippen LogP contribution in [0.5, 0.6) is 5.75 Å². The van der Waals surface area contributed by atoms with E-state index in [1.54, 1.807) is 0 Å². The Bertz CT molecular complexity index is 3130. The fraction of sp³-hybridized carbons (Fsp3) is 0.552. The average molecular weight is 1130 g/mol. The molecule has 0 bridgehead atoms. The van der Waals surface area contributed by atoms with Crippen LogP contribution in [0.15, 0.2) is 77.7 Å². The van der Waals surface area contributed by atoms with Gasteiger partial charge in [-0.05, 0) is 113 Å². The SMILES string of the molecule is CCC(C)(CCOC(CC(=O)Nc1ccn(C2OC3COC(C)(C)OC3C2(F)F)c(=O)n1)C(C)C)OCCC(=O)NCCOCCOCCOc1ccc(-c2nc3ccc(-c4nc5ccc(N6CCN(C)CC6)cc5[nH]4)cc3[nH]2)cc1. The lowest BCUT2D eigenvalue weighted by Crippen LogP contribution is -2.52. The number of H-pyrrole nitrogens is 2. The molecule has 5 atom stereocenters. The summed E-state index contributed by atoms with van der Waals surface area (Å²) in [5.41, 5.74) is 5.26. The maximum Gasteiger partial charge on any atom is 0.351 e. The van der Waals surface area contributed by atoms with Gasteiger partial charge in [0.25, 0.3) is 0 Å². The van der Waals surface area contributed by atoms with Crippen molar-refractivity contribution >= 4 is 45.4 Å². The molecule has 6 aromatic rings. The Hall–Kier alpha value is -6.44. The van der Waals surface area contributed by atoms with Crippen molar-refractivity contribution in [2.24, 2.45) is 5.92 Å². The van der Waals surface area contributed by atoms with Crippen LogP contribution in [0.3, 0.4) is 0 Å². The lowest BCUT2D eigenvalue weighted by molar-refractivity contribution is -0.314. The zero-order valence-electron chi connectivity index (χ0n) is 47.3. The summed E-state index contributed by atoms with van der Waals surface area (Å²) >= 11 is 0. The molecule has 5 unspecified atom stereocenters. The van der Waals surface area contributed by atoms with Gasteiger partial charge in [0.2, 0.25) is 18.0 Å². The first-order valence-electron chi connectivity index (χ1n) is 27.9. The van der Waals surface area contributed by atoms with E-state index in [9.17, 15) is 14.4 Å². The molecule has 81 heavy (non-hydrogen) atoms. The quantitative estimate of drug-likeness (QED) is 0.0370. The summed E-state index contributed by atoms with van der Waals surface area (Å²) in [6.07, 6.45) is -2.74. The van der Waals surface area contributed by atoms with Gasteiger partial charge in [0, 0.05) is 68.8 Å². The molecule has 6 heterocycles. The topological polar surface area (TPSA) is 231 Å². The van der Waals surface area contributed by atoms with Crippen LogP contribution >= 0.6 is 0 Å². The lowest BCUT2D eigenvalue weighted by Gasteiger charge is -2.38. The minimum Gasteiger partial charge on any atom is -0.491 e. The van der Waals surface area contributed by atoms with Crippen LogP contribution in [0.2, 0.25) is 0 Å². The van der Waals surface area contributed by atoms with E-state index in [1.165, 1.54) is 25.6 Å². The van der Waals surface area contributed by atoms with Crippen molar-refractivity contribution in [1.82, 2.24) is 39.7 Å². The third-order valence-corrected chi connectivity index (χ3v) is 15.0. The number of alkyl halides is 2. The van der Waals surface area contributed by atoms with Gasteiger partial charge in [-0.1, -0.05) is 20.8 Å². The van der Waals surface area contributed by atoms with E-state index < -0.39 is 53.4 Å². The van der Waals surface area contributed by atoms with E-state index in [0.29, 0.717) is 57.0 Å². The lowest BCUT2D eigenvalue weighted by atomic mass is 9.98. The van der Waals surface area contributed by atoms with Crippen LogP contribution < -0.4 is 26.0 Å². The van der Waals surface area contributed by atoms with Crippen molar-refractivity contribution < 1.29 is 56.3 Å². The largest absolute Gasteiger partial charge is 0.491 e. The normalized spacial score (nSPS) is 20.1. The van der Waals surface area contributed by atoms with Crippen LogP contribution in [0.25, 0.3) is 44.8 Å². The number of anilines is 2. The fourth-order valence-corrected chi connectivity index (χ4v) is 9.85. The molecule has 21 nitrogen and oxygen atoms in total. The third kappa shape index (κ3) is 15.2. The van der Waals surface area contributed by atoms with Crippen LogP contribution in [0.1, 0.15) is 73.5 Å². The molecule has 0 radical (unpaired) electrons. The highest BCUT2D eigenvalue weighted by Crippen LogP contribution is 2.47. The number of carbonyl (C=O) groups is 2. The second-order valence-electron chi connectivity index (χ2n) is 21.9. The molecule has 3 saturated heterocycles. The number of hydrogen-bond donors (Lipinski definition) is 4. The zero-order chi connectivity index (χ0) is 57.3. The molecule has 2 amide bonds. The number of aromatic nitrogens is 6. The number of aromatic amines is 2. The average Bonchev–Trinajstić information content (AvgIpc) is 4.36. The fourth-order valence-electron chi connectivity index (χ4n) is 9.85. The minimum absolute atomic E-state index is 0.0463. The number of rotatable bonds is 27. The molecule has 3 aromatic heterocycles. The van der Waals surface area contributed by atoms with E-state index in [2.05, 4.69) is 66.7 Å². The van der Waals surface area contributed by atoms with Crippen molar-refractivity contribution in [3.8, 4) is 28.5 Å². The van der Waals surface area contributed by atoms with Crippen molar-refractivity contribution in [2.45, 2.75) is 109 Å². The standard InChI is InChI=1S/C58H76F2N10O11/c1-8-57(6,19-27-77-46(37(2)3)35-50(72)66-48-17-21-70(55(73)67-48)54-58(59,60)51-47(80-54)36-79-56(4,5)81-51)78-26-18-49(71)61-20-28-74-29-30-75-31-32-76-41-13-9-38(10-14-41)52-62-42-15-11-39(33-44(42)64-52)53-63-43-16-12-40(34-45(43)65-53)69-24-22-68(7)23-25-69/h9-17,21,33-34,37,46-47,51,54H,8,18-20,22-32,35-36H2,1-7H3,(H,61,71)(H,62,64)(H,63,65)(H,66,67,72,73). The Kier molecular flexibility index (Phi) is 19.2. The Labute approximate surface area is 469 Å². The third-order valence-electron chi connectivity index (χ3n) is 15.0. The van der Waals surface area contributed by atoms with Gasteiger partial charge in [-0.2, -0.15) is 13.8 Å². The van der Waals surface area contributed by atoms with E-state index >= 15 is 8.78 Å². The predicted molar refractivity (Wildman–Crippen MR) is 300 cm³/mol. The number of fused-ring (bicyclic) bond motifs is 3. The summed E-state index contributed by atoms with van der Waals surface area (Å²) in [5.74, 6) is -3.26. The summed E-state index contributed by atoms with van der Waals surface area (Å²) in [4.78, 5) is 63.9. The van der Waals surface area contributed by atoms with Gasteiger partial charge in [0.15, 0.2) is 11.9 Å². The first-order chi connectivity index (χ1) is 38.8. The molecule has 3 aliphatic heterocycles. The second-order valence-corrected chi connectivity index (χ2v) is 21.9. The number of nitrogens with one attached hydrogen (secondary N) is 4. The highest BCUT2D eigenvalue weighted by atomic mass is 19.3. The molecule has 0 aliphatic carbocycles. The smallest absolute Gasteiger partial charge is 0.351 e. The first kappa shape index (κ1) is 59.2. The highest BCUT2D eigenvalue weighted by Gasteiger charge is 2.64. The maximum absolute atomic E-state index is 15.4. The van der Waals surface area contributed by atoms with Gasteiger partial charge >= 0.3 is 11.6 Å². The molecule has 23 heteroatoms. The second kappa shape index (κ2) is 26.2. The molecule has 3 fully saturated rings. The van der Waals surface area contributed by atoms with Gasteiger partial charge in [-0.25, -0.2) is 14.8 Å². The number of ether oxygens (including phenoxy) is 8. The van der Waals surface area contributed by atoms with Crippen molar-refractivity contribution in [2.75, 3.05) is 103 Å². The number of carbonyl (C=O) groups excluding carboxylic acids is 2. The number of imidazole rings is 2. The van der Waals surface area contributed by atoms with Gasteiger partial charge in [-0.15, -0.1) is 0 Å². The summed E-state index contributed by atoms with van der Waals surface area (Å²) < 4.78 is 77.4. The number of nitrogens with zero attached hydrogens (tertiary/aromatic N) is 6. The van der Waals surface area contributed by atoms with E-state index in [0.717, 1.165) is 83.0 Å². The predicted octanol–water partition coefficient (Wildman–Crippen LogP) is 7.33. The number of hydrogen-bond acceptors (Lipinski definition) is 16. The molecular weight excluding hydrogens is 1050 g/mol. The van der Waals surface area contributed by atoms with E-state index in [-0.39, 0.29) is 50.3 Å². The number of likely N-dealkylation sites (N-methyl/N-ethyl adjacent to an activating group) is 1. The van der Waals surface area contributed by atoms with Crippen LogP contribution in [0.4, 0.5) is 20.3 Å². The molecule has 0 saturated carbocycles. The number of benzene rings is 3. The van der Waals surface area contributed by atoms with E-state index in [4.69, 9.17) is 47.9 Å². The zero-order valence-corrected chi connectivity index (χ0v) is 47.3. The molecule has 438 valence electrons. The van der Waals surface area contributed by atoms with Gasteiger partial charge in [0.1, 0.15) is 35.9 Å². The Balaban J connectivity index is 0.606. The summed E-state index contributed by atoms with van der Waals surface area (Å²) in [6, 6.07) is 21.6. The van der Waals surface area contributed by atoms with Crippen LogP contribution in [0, 0.1) is 5.92 Å². The molecule has 9 rings (SSSR count). The highest BCUT2D eigenvalue weighted by molar-refractivity contribution is 5.90. The van der Waals surface area contributed by atoms with Gasteiger partial charge in [-0.3, -0.25) is 14.2 Å². The maximum atomic E-state index is 15.4. The minimum atomic E-state index is -3.55. The summed E-state index contributed by atoms with van der Waals surface area (Å²) in [5, 5.41) is 5.43. The number of amides is 2. The first-order valence-corrected chi connectivity index (χ1v) is 27.9.